The fraction of sp³-hybridized carbons (Fsp3) is 0.162. The molecule has 9 heteroatoms. The quantitative estimate of drug-likeness (QED) is 0.164. The van der Waals surface area contributed by atoms with Crippen molar-refractivity contribution < 1.29 is 4.42 Å². The van der Waals surface area contributed by atoms with Gasteiger partial charge in [0.05, 0.1) is 16.1 Å². The SMILES string of the molecule is CN(C)c1ccc2c(c1)sc1ccccc12.CN(C)c1ccc2ccccc2c1.CN(C)c1cccc2c1oc1ccccc12.CN(C)c1cccc2c1sc1ccccc12.CN(C)c1cccc2ccccc12.CN(C)c1ccccc1. The van der Waals surface area contributed by atoms with Crippen molar-refractivity contribution >= 4 is 141 Å². The second-order valence-corrected chi connectivity index (χ2v) is 23.7. The van der Waals surface area contributed by atoms with Gasteiger partial charge < -0.3 is 33.8 Å². The highest BCUT2D eigenvalue weighted by Gasteiger charge is 2.12. The van der Waals surface area contributed by atoms with E-state index in [2.05, 4.69) is 292 Å². The lowest BCUT2D eigenvalue weighted by Gasteiger charge is -2.14. The van der Waals surface area contributed by atoms with Crippen LogP contribution in [0.4, 0.5) is 34.1 Å². The maximum absolute atomic E-state index is 5.90. The molecular weight excluding hydrogens is 1050 g/mol. The summed E-state index contributed by atoms with van der Waals surface area (Å²) in [6, 6.07) is 84.8. The summed E-state index contributed by atoms with van der Waals surface area (Å²) in [5, 5.41) is 13.0. The Morgan fingerprint density at radius 2 is 0.699 bits per heavy atom. The number of rotatable bonds is 6. The first-order valence-electron chi connectivity index (χ1n) is 27.9. The predicted octanol–water partition coefficient (Wildman–Crippen LogP) is 19.5. The van der Waals surface area contributed by atoms with E-state index in [0.29, 0.717) is 0 Å². The van der Waals surface area contributed by atoms with Crippen molar-refractivity contribution in [2.24, 2.45) is 0 Å². The van der Waals surface area contributed by atoms with Gasteiger partial charge in [-0.15, -0.1) is 22.7 Å². The third-order valence-corrected chi connectivity index (χ3v) is 16.7. The van der Waals surface area contributed by atoms with E-state index in [1.165, 1.54) is 101 Å². The summed E-state index contributed by atoms with van der Waals surface area (Å²) in [6.07, 6.45) is 0. The van der Waals surface area contributed by atoms with Crippen molar-refractivity contribution in [1.29, 1.82) is 0 Å². The minimum Gasteiger partial charge on any atom is -0.454 e. The number of fused-ring (bicyclic) bond motifs is 11. The van der Waals surface area contributed by atoms with Gasteiger partial charge in [0.1, 0.15) is 5.58 Å². The molecule has 0 aliphatic carbocycles. The van der Waals surface area contributed by atoms with E-state index >= 15 is 0 Å². The summed E-state index contributed by atoms with van der Waals surface area (Å²) in [5.74, 6) is 0. The van der Waals surface area contributed by atoms with Gasteiger partial charge in [-0.1, -0.05) is 170 Å². The molecule has 0 bridgehead atoms. The molecule has 0 spiro atoms. The second-order valence-electron chi connectivity index (χ2n) is 21.5. The molecule has 0 saturated heterocycles. The first-order valence-corrected chi connectivity index (χ1v) is 29.6. The monoisotopic (exact) mass is 1130 g/mol. The summed E-state index contributed by atoms with van der Waals surface area (Å²) in [6.45, 7) is 0. The van der Waals surface area contributed by atoms with Gasteiger partial charge in [0.2, 0.25) is 0 Å². The zero-order chi connectivity index (χ0) is 58.6. The van der Waals surface area contributed by atoms with E-state index in [4.69, 9.17) is 4.42 Å². The van der Waals surface area contributed by atoms with Crippen molar-refractivity contribution in [1.82, 2.24) is 0 Å². The highest BCUT2D eigenvalue weighted by molar-refractivity contribution is 7.26. The molecule has 83 heavy (non-hydrogen) atoms. The molecule has 420 valence electrons. The molecule has 0 atom stereocenters. The molecule has 0 unspecified atom stereocenters. The Morgan fingerprint density at radius 3 is 1.34 bits per heavy atom. The van der Waals surface area contributed by atoms with Crippen LogP contribution in [-0.4, -0.2) is 84.6 Å². The average Bonchev–Trinajstić information content (AvgIpc) is 4.39. The molecule has 11 aromatic carbocycles. The van der Waals surface area contributed by atoms with Gasteiger partial charge >= 0.3 is 0 Å². The van der Waals surface area contributed by atoms with E-state index in [0.717, 1.165) is 16.9 Å². The molecule has 0 N–H and O–H groups in total. The smallest absolute Gasteiger partial charge is 0.158 e. The number of nitrogens with zero attached hydrogens (tertiary/aromatic N) is 6. The number of furan rings is 1. The van der Waals surface area contributed by atoms with E-state index in [1.54, 1.807) is 0 Å². The van der Waals surface area contributed by atoms with Crippen LogP contribution in [0.2, 0.25) is 0 Å². The first-order chi connectivity index (χ1) is 40.2. The summed E-state index contributed by atoms with van der Waals surface area (Å²) < 4.78 is 11.4. The standard InChI is InChI=1S/C14H13NO.2C14H13NS.2C12H13N.C8H11N/c2*1-15(2)12-8-5-7-11-10-6-3-4-9-13(10)16-14(11)12;1-15(2)10-7-8-12-11-5-3-4-6-13(11)16-14(12)9-10;1-13(2)12-9-5-7-10-6-3-4-8-11(10)12;1-13(2)12-8-7-10-5-3-4-6-11(10)9-12;1-9(2)8-6-4-3-5-7-8/h3*3-9H,1-2H3;2*3-9H,1-2H3;3-7H,1-2H3. The molecule has 3 heterocycles. The summed E-state index contributed by atoms with van der Waals surface area (Å²) in [5.41, 5.74) is 9.38. The Morgan fingerprint density at radius 1 is 0.253 bits per heavy atom. The zero-order valence-electron chi connectivity index (χ0n) is 50.0. The van der Waals surface area contributed by atoms with Crippen molar-refractivity contribution in [3.8, 4) is 0 Å². The Balaban J connectivity index is 0.000000121. The normalized spacial score (nSPS) is 10.7. The molecule has 0 amide bonds. The van der Waals surface area contributed by atoms with E-state index in [1.807, 2.05) is 87.3 Å². The molecule has 7 nitrogen and oxygen atoms in total. The van der Waals surface area contributed by atoms with Crippen molar-refractivity contribution in [3.05, 3.63) is 243 Å². The summed E-state index contributed by atoms with van der Waals surface area (Å²) in [4.78, 5) is 12.7. The van der Waals surface area contributed by atoms with Crippen LogP contribution >= 0.6 is 22.7 Å². The maximum Gasteiger partial charge on any atom is 0.158 e. The van der Waals surface area contributed by atoms with Gasteiger partial charge in [0.15, 0.2) is 5.58 Å². The van der Waals surface area contributed by atoms with E-state index in [-0.39, 0.29) is 0 Å². The largest absolute Gasteiger partial charge is 0.454 e. The molecular formula is C74H76N6OS2. The molecule has 0 radical (unpaired) electrons. The minimum atomic E-state index is 0.951. The van der Waals surface area contributed by atoms with Gasteiger partial charge in [-0.05, 0) is 89.0 Å². The Hall–Kier alpha value is -9.02. The van der Waals surface area contributed by atoms with Crippen LogP contribution in [0.15, 0.2) is 247 Å². The van der Waals surface area contributed by atoms with Gasteiger partial charge in [-0.3, -0.25) is 0 Å². The molecule has 0 fully saturated rings. The topological polar surface area (TPSA) is 32.6 Å². The number of thiophene rings is 2. The Labute approximate surface area is 498 Å². The van der Waals surface area contributed by atoms with Gasteiger partial charge in [0.25, 0.3) is 0 Å². The van der Waals surface area contributed by atoms with Crippen LogP contribution in [0.1, 0.15) is 0 Å². The fourth-order valence-electron chi connectivity index (χ4n) is 9.94. The average molecular weight is 1130 g/mol. The van der Waals surface area contributed by atoms with Crippen LogP contribution in [0.5, 0.6) is 0 Å². The zero-order valence-corrected chi connectivity index (χ0v) is 51.6. The molecule has 3 aromatic heterocycles. The van der Waals surface area contributed by atoms with Crippen molar-refractivity contribution in [2.75, 3.05) is 114 Å². The summed E-state index contributed by atoms with van der Waals surface area (Å²) >= 11 is 3.74. The number of hydrogen-bond donors (Lipinski definition) is 0. The van der Waals surface area contributed by atoms with E-state index < -0.39 is 0 Å². The first kappa shape index (κ1) is 58.6. The van der Waals surface area contributed by atoms with Crippen molar-refractivity contribution in [2.45, 2.75) is 0 Å². The highest BCUT2D eigenvalue weighted by atomic mass is 32.1. The van der Waals surface area contributed by atoms with Gasteiger partial charge in [-0.25, -0.2) is 0 Å². The molecule has 14 aromatic rings. The lowest BCUT2D eigenvalue weighted by molar-refractivity contribution is 0.668. The number of benzene rings is 11. The van der Waals surface area contributed by atoms with Gasteiger partial charge in [0, 0.05) is 159 Å². The molecule has 0 saturated carbocycles. The van der Waals surface area contributed by atoms with Crippen LogP contribution < -0.4 is 29.4 Å². The third-order valence-electron chi connectivity index (χ3n) is 14.4. The van der Waals surface area contributed by atoms with Crippen LogP contribution in [0, 0.1) is 0 Å². The molecule has 0 aliphatic heterocycles. The lowest BCUT2D eigenvalue weighted by Crippen LogP contribution is -2.08. The second kappa shape index (κ2) is 27.2. The number of anilines is 6. The van der Waals surface area contributed by atoms with Crippen LogP contribution in [0.25, 0.3) is 83.8 Å². The van der Waals surface area contributed by atoms with Crippen molar-refractivity contribution in [3.63, 3.8) is 0 Å². The third kappa shape index (κ3) is 14.0. The van der Waals surface area contributed by atoms with Crippen LogP contribution in [0.3, 0.4) is 0 Å². The number of hydrogen-bond acceptors (Lipinski definition) is 9. The molecule has 0 aliphatic rings. The van der Waals surface area contributed by atoms with Gasteiger partial charge in [-0.2, -0.15) is 0 Å². The predicted molar refractivity (Wildman–Crippen MR) is 373 cm³/mol. The molecule has 14 rings (SSSR count). The maximum atomic E-state index is 5.90. The number of para-hydroxylation sites is 3. The highest BCUT2D eigenvalue weighted by Crippen LogP contribution is 2.39. The lowest BCUT2D eigenvalue weighted by atomic mass is 10.1. The Kier molecular flexibility index (Phi) is 19.2. The fourth-order valence-corrected chi connectivity index (χ4v) is 12.4. The Bertz CT molecular complexity index is 4250. The minimum absolute atomic E-state index is 0.951. The van der Waals surface area contributed by atoms with Crippen LogP contribution in [-0.2, 0) is 0 Å². The summed E-state index contributed by atoms with van der Waals surface area (Å²) in [7, 11) is 24.7. The van der Waals surface area contributed by atoms with E-state index in [9.17, 15) is 0 Å².